The molecule has 3 fully saturated rings. The monoisotopic (exact) mass is 332 g/mol. The summed E-state index contributed by atoms with van der Waals surface area (Å²) in [6.07, 6.45) is 2.07. The van der Waals surface area contributed by atoms with Crippen LogP contribution in [-0.4, -0.2) is 41.7 Å². The van der Waals surface area contributed by atoms with Crippen LogP contribution in [0.5, 0.6) is 0 Å². The maximum atomic E-state index is 12.9. The van der Waals surface area contributed by atoms with Crippen LogP contribution in [0.4, 0.5) is 13.2 Å². The van der Waals surface area contributed by atoms with Crippen LogP contribution in [0.25, 0.3) is 0 Å². The Kier molecular flexibility index (Phi) is 4.90. The first-order valence-corrected chi connectivity index (χ1v) is 8.96. The topological polar surface area (TPSA) is 32.3 Å². The maximum Gasteiger partial charge on any atom is 0.391 e. The number of amides is 1. The lowest BCUT2D eigenvalue weighted by Gasteiger charge is -2.33. The third kappa shape index (κ3) is 4.61. The number of hydrogen-bond donors (Lipinski definition) is 1. The molecule has 0 heterocycles. The molecule has 3 aliphatic carbocycles. The summed E-state index contributed by atoms with van der Waals surface area (Å²) in [5, 5.41) is 2.87. The average Bonchev–Trinajstić information content (AvgIpc) is 3.37. The van der Waals surface area contributed by atoms with Gasteiger partial charge >= 0.3 is 6.18 Å². The van der Waals surface area contributed by atoms with Crippen LogP contribution >= 0.6 is 0 Å². The zero-order chi connectivity index (χ0) is 16.6. The molecular weight excluding hydrogens is 305 g/mol. The van der Waals surface area contributed by atoms with Crippen LogP contribution in [0.15, 0.2) is 0 Å². The fraction of sp³-hybridized carbons (Fsp3) is 0.941. The van der Waals surface area contributed by atoms with Gasteiger partial charge in [-0.3, -0.25) is 9.69 Å². The van der Waals surface area contributed by atoms with E-state index in [4.69, 9.17) is 0 Å². The van der Waals surface area contributed by atoms with Crippen LogP contribution in [0.2, 0.25) is 0 Å². The number of nitrogens with zero attached hydrogens (tertiary/aromatic N) is 1. The number of halogens is 3. The minimum Gasteiger partial charge on any atom is -0.352 e. The van der Waals surface area contributed by atoms with E-state index >= 15 is 0 Å². The van der Waals surface area contributed by atoms with E-state index < -0.39 is 12.1 Å². The predicted molar refractivity (Wildman–Crippen MR) is 81.9 cm³/mol. The number of carbonyl (C=O) groups is 1. The molecule has 6 heteroatoms. The Hall–Kier alpha value is -0.780. The average molecular weight is 332 g/mol. The summed E-state index contributed by atoms with van der Waals surface area (Å²) < 4.78 is 38.6. The molecule has 0 spiro atoms. The highest BCUT2D eigenvalue weighted by molar-refractivity contribution is 5.78. The van der Waals surface area contributed by atoms with Gasteiger partial charge in [0.25, 0.3) is 0 Å². The van der Waals surface area contributed by atoms with Gasteiger partial charge < -0.3 is 5.32 Å². The smallest absolute Gasteiger partial charge is 0.352 e. The molecule has 0 radical (unpaired) electrons. The fourth-order valence-corrected chi connectivity index (χ4v) is 3.92. The van der Waals surface area contributed by atoms with Crippen LogP contribution in [0, 0.1) is 11.8 Å². The Morgan fingerprint density at radius 2 is 1.87 bits per heavy atom. The largest absolute Gasteiger partial charge is 0.391 e. The van der Waals surface area contributed by atoms with Crippen molar-refractivity contribution in [2.75, 3.05) is 6.54 Å². The maximum absolute atomic E-state index is 12.9. The second-order valence-corrected chi connectivity index (χ2v) is 7.65. The SMILES string of the molecule is CC(C1CC1)N(CC(=O)NC1CCCC(C(F)(F)F)C1)C1CC1. The highest BCUT2D eigenvalue weighted by Gasteiger charge is 2.43. The summed E-state index contributed by atoms with van der Waals surface area (Å²) in [6, 6.07) is 0.605. The van der Waals surface area contributed by atoms with Crippen molar-refractivity contribution in [2.45, 2.75) is 82.6 Å². The Labute approximate surface area is 136 Å². The molecule has 3 saturated carbocycles. The van der Waals surface area contributed by atoms with Gasteiger partial charge in [0.2, 0.25) is 5.91 Å². The van der Waals surface area contributed by atoms with E-state index in [1.807, 2.05) is 0 Å². The van der Waals surface area contributed by atoms with Crippen molar-refractivity contribution in [3.8, 4) is 0 Å². The molecule has 23 heavy (non-hydrogen) atoms. The second kappa shape index (κ2) is 6.61. The van der Waals surface area contributed by atoms with Gasteiger partial charge in [0, 0.05) is 18.1 Å². The third-order valence-corrected chi connectivity index (χ3v) is 5.67. The lowest BCUT2D eigenvalue weighted by molar-refractivity contribution is -0.184. The summed E-state index contributed by atoms with van der Waals surface area (Å²) in [7, 11) is 0. The van der Waals surface area contributed by atoms with Crippen molar-refractivity contribution in [2.24, 2.45) is 11.8 Å². The summed E-state index contributed by atoms with van der Waals surface area (Å²) in [5.41, 5.74) is 0. The van der Waals surface area contributed by atoms with E-state index in [0.29, 0.717) is 37.4 Å². The lowest BCUT2D eigenvalue weighted by atomic mass is 9.85. The lowest BCUT2D eigenvalue weighted by Crippen LogP contribution is -2.48. The molecule has 1 amide bonds. The summed E-state index contributed by atoms with van der Waals surface area (Å²) in [4.78, 5) is 14.6. The molecule has 3 atom stereocenters. The molecular formula is C17H27F3N2O. The predicted octanol–water partition coefficient (Wildman–Crippen LogP) is 3.49. The molecule has 132 valence electrons. The minimum absolute atomic E-state index is 0.0385. The summed E-state index contributed by atoms with van der Waals surface area (Å²) in [6.45, 7) is 2.53. The first-order valence-electron chi connectivity index (χ1n) is 8.96. The first kappa shape index (κ1) is 17.1. The molecule has 0 aromatic heterocycles. The minimum atomic E-state index is -4.13. The van der Waals surface area contributed by atoms with E-state index in [2.05, 4.69) is 17.1 Å². The quantitative estimate of drug-likeness (QED) is 0.807. The summed E-state index contributed by atoms with van der Waals surface area (Å²) >= 11 is 0. The highest BCUT2D eigenvalue weighted by Crippen LogP contribution is 2.40. The standard InChI is InChI=1S/C17H27F3N2O/c1-11(12-5-6-12)22(15-7-8-15)10-16(23)21-14-4-2-3-13(9-14)17(18,19)20/h11-15H,2-10H2,1H3,(H,21,23). The molecule has 3 nitrogen and oxygen atoms in total. The molecule has 0 saturated heterocycles. The van der Waals surface area contributed by atoms with Crippen LogP contribution in [-0.2, 0) is 4.79 Å². The Bertz CT molecular complexity index is 432. The van der Waals surface area contributed by atoms with Crippen molar-refractivity contribution in [3.05, 3.63) is 0 Å². The van der Waals surface area contributed by atoms with Crippen molar-refractivity contribution < 1.29 is 18.0 Å². The Morgan fingerprint density at radius 1 is 1.17 bits per heavy atom. The van der Waals surface area contributed by atoms with Gasteiger partial charge in [-0.05, 0) is 57.8 Å². The van der Waals surface area contributed by atoms with Gasteiger partial charge in [0.15, 0.2) is 0 Å². The molecule has 0 aromatic carbocycles. The van der Waals surface area contributed by atoms with E-state index in [1.165, 1.54) is 12.8 Å². The second-order valence-electron chi connectivity index (χ2n) is 7.65. The Morgan fingerprint density at radius 3 is 2.43 bits per heavy atom. The normalized spacial score (nSPS) is 30.3. The number of hydrogen-bond acceptors (Lipinski definition) is 2. The van der Waals surface area contributed by atoms with Crippen molar-refractivity contribution >= 4 is 5.91 Å². The van der Waals surface area contributed by atoms with E-state index in [1.54, 1.807) is 0 Å². The molecule has 0 aromatic rings. The number of nitrogens with one attached hydrogen (secondary N) is 1. The molecule has 3 unspecified atom stereocenters. The first-order chi connectivity index (χ1) is 10.8. The van der Waals surface area contributed by atoms with Gasteiger partial charge in [0.05, 0.1) is 12.5 Å². The van der Waals surface area contributed by atoms with E-state index in [0.717, 1.165) is 12.8 Å². The zero-order valence-electron chi connectivity index (χ0n) is 13.7. The van der Waals surface area contributed by atoms with Gasteiger partial charge in [-0.25, -0.2) is 0 Å². The third-order valence-electron chi connectivity index (χ3n) is 5.67. The number of alkyl halides is 3. The van der Waals surface area contributed by atoms with Gasteiger partial charge in [0.1, 0.15) is 0 Å². The van der Waals surface area contributed by atoms with Crippen LogP contribution < -0.4 is 5.32 Å². The van der Waals surface area contributed by atoms with Crippen molar-refractivity contribution in [1.29, 1.82) is 0 Å². The van der Waals surface area contributed by atoms with Crippen LogP contribution in [0.3, 0.4) is 0 Å². The van der Waals surface area contributed by atoms with Gasteiger partial charge in [-0.15, -0.1) is 0 Å². The molecule has 3 rings (SSSR count). The van der Waals surface area contributed by atoms with Gasteiger partial charge in [-0.1, -0.05) is 6.42 Å². The molecule has 3 aliphatic rings. The molecule has 0 bridgehead atoms. The fourth-order valence-electron chi connectivity index (χ4n) is 3.92. The highest BCUT2D eigenvalue weighted by atomic mass is 19.4. The van der Waals surface area contributed by atoms with Gasteiger partial charge in [-0.2, -0.15) is 13.2 Å². The molecule has 0 aliphatic heterocycles. The molecule has 1 N–H and O–H groups in total. The number of carbonyl (C=O) groups excluding carboxylic acids is 1. The van der Waals surface area contributed by atoms with E-state index in [-0.39, 0.29) is 24.8 Å². The van der Waals surface area contributed by atoms with Crippen molar-refractivity contribution in [1.82, 2.24) is 10.2 Å². The van der Waals surface area contributed by atoms with Crippen molar-refractivity contribution in [3.63, 3.8) is 0 Å². The zero-order valence-corrected chi connectivity index (χ0v) is 13.7. The summed E-state index contributed by atoms with van der Waals surface area (Å²) in [5.74, 6) is -0.656. The Balaban J connectivity index is 1.49. The van der Waals surface area contributed by atoms with E-state index in [9.17, 15) is 18.0 Å². The number of rotatable bonds is 6. The van der Waals surface area contributed by atoms with Crippen LogP contribution in [0.1, 0.15) is 58.3 Å².